The topological polar surface area (TPSA) is 29.1 Å². The highest BCUT2D eigenvalue weighted by molar-refractivity contribution is 7.08. The van der Waals surface area contributed by atoms with Crippen molar-refractivity contribution in [3.63, 3.8) is 0 Å². The van der Waals surface area contributed by atoms with Crippen LogP contribution in [0.4, 0.5) is 0 Å². The third-order valence-electron chi connectivity index (χ3n) is 2.73. The maximum Gasteiger partial charge on any atom is 0.252 e. The van der Waals surface area contributed by atoms with Gasteiger partial charge in [-0.2, -0.15) is 11.3 Å². The smallest absolute Gasteiger partial charge is 0.252 e. The first kappa shape index (κ1) is 13.1. The van der Waals surface area contributed by atoms with Crippen molar-refractivity contribution in [1.29, 1.82) is 0 Å². The van der Waals surface area contributed by atoms with Crippen LogP contribution >= 0.6 is 22.9 Å². The molecule has 0 saturated carbocycles. The molecule has 2 aromatic rings. The van der Waals surface area contributed by atoms with Crippen LogP contribution in [0.25, 0.3) is 0 Å². The molecule has 1 aromatic heterocycles. The van der Waals surface area contributed by atoms with Gasteiger partial charge in [0, 0.05) is 17.8 Å². The van der Waals surface area contributed by atoms with E-state index in [0.717, 1.165) is 22.3 Å². The molecule has 0 radical (unpaired) electrons. The van der Waals surface area contributed by atoms with Gasteiger partial charge in [0.15, 0.2) is 0 Å². The summed E-state index contributed by atoms with van der Waals surface area (Å²) in [6.07, 6.45) is 0. The summed E-state index contributed by atoms with van der Waals surface area (Å²) in [6, 6.07) is 7.92. The molecule has 0 bridgehead atoms. The van der Waals surface area contributed by atoms with Gasteiger partial charge in [0.25, 0.3) is 5.91 Å². The second-order valence-electron chi connectivity index (χ2n) is 4.10. The molecule has 94 valence electrons. The van der Waals surface area contributed by atoms with Gasteiger partial charge in [-0.05, 0) is 29.0 Å². The summed E-state index contributed by atoms with van der Waals surface area (Å²) in [5.41, 5.74) is 3.94. The van der Waals surface area contributed by atoms with Gasteiger partial charge in [-0.25, -0.2) is 0 Å². The van der Waals surface area contributed by atoms with Gasteiger partial charge < -0.3 is 5.32 Å². The minimum atomic E-state index is -0.0184. The summed E-state index contributed by atoms with van der Waals surface area (Å²) in [4.78, 5) is 11.9. The van der Waals surface area contributed by atoms with Crippen LogP contribution in [0.15, 0.2) is 35.0 Å². The van der Waals surface area contributed by atoms with Crippen LogP contribution in [0.1, 0.15) is 27.0 Å². The van der Waals surface area contributed by atoms with E-state index in [1.54, 1.807) is 11.3 Å². The molecular weight excluding hydrogens is 266 g/mol. The average Bonchev–Trinajstić information content (AvgIpc) is 2.83. The Morgan fingerprint density at radius 2 is 1.89 bits per heavy atom. The second kappa shape index (κ2) is 6.03. The fraction of sp³-hybridized carbons (Fsp3) is 0.214. The number of carbonyl (C=O) groups excluding carboxylic acids is 1. The van der Waals surface area contributed by atoms with Crippen molar-refractivity contribution in [1.82, 2.24) is 5.32 Å². The Labute approximate surface area is 116 Å². The zero-order valence-electron chi connectivity index (χ0n) is 10.1. The fourth-order valence-corrected chi connectivity index (χ4v) is 2.62. The molecule has 0 aliphatic heterocycles. The maximum absolute atomic E-state index is 11.9. The van der Waals surface area contributed by atoms with Gasteiger partial charge in [-0.3, -0.25) is 4.79 Å². The van der Waals surface area contributed by atoms with E-state index in [2.05, 4.69) is 5.32 Å². The van der Waals surface area contributed by atoms with Crippen molar-refractivity contribution in [3.8, 4) is 0 Å². The Balaban J connectivity index is 1.95. The molecule has 1 aromatic carbocycles. The number of nitrogens with one attached hydrogen (secondary N) is 1. The molecule has 0 fully saturated rings. The maximum atomic E-state index is 11.9. The Morgan fingerprint density at radius 1 is 1.22 bits per heavy atom. The van der Waals surface area contributed by atoms with E-state index in [1.807, 2.05) is 41.9 Å². The van der Waals surface area contributed by atoms with Gasteiger partial charge in [-0.15, -0.1) is 11.6 Å². The summed E-state index contributed by atoms with van der Waals surface area (Å²) < 4.78 is 0. The Kier molecular flexibility index (Phi) is 4.39. The van der Waals surface area contributed by atoms with Gasteiger partial charge in [0.05, 0.1) is 5.56 Å². The SMILES string of the molecule is Cc1cscc1C(=O)NCc1ccc(CCl)cc1. The van der Waals surface area contributed by atoms with Crippen LogP contribution in [-0.4, -0.2) is 5.91 Å². The molecule has 0 aliphatic rings. The predicted octanol–water partition coefficient (Wildman–Crippen LogP) is 3.73. The number of hydrogen-bond donors (Lipinski definition) is 1. The monoisotopic (exact) mass is 279 g/mol. The van der Waals surface area contributed by atoms with Crippen molar-refractivity contribution >= 4 is 28.8 Å². The number of halogens is 1. The zero-order chi connectivity index (χ0) is 13.0. The summed E-state index contributed by atoms with van der Waals surface area (Å²) in [5, 5.41) is 6.77. The lowest BCUT2D eigenvalue weighted by molar-refractivity contribution is 0.0951. The van der Waals surface area contributed by atoms with Gasteiger partial charge in [0.1, 0.15) is 0 Å². The highest BCUT2D eigenvalue weighted by Crippen LogP contribution is 2.13. The first-order valence-electron chi connectivity index (χ1n) is 5.65. The van der Waals surface area contributed by atoms with Crippen molar-refractivity contribution < 1.29 is 4.79 Å². The lowest BCUT2D eigenvalue weighted by Gasteiger charge is -2.05. The van der Waals surface area contributed by atoms with Crippen molar-refractivity contribution in [2.24, 2.45) is 0 Å². The third-order valence-corrected chi connectivity index (χ3v) is 3.90. The fourth-order valence-electron chi connectivity index (χ4n) is 1.62. The molecule has 1 amide bonds. The van der Waals surface area contributed by atoms with Crippen molar-refractivity contribution in [2.45, 2.75) is 19.3 Å². The number of thiophene rings is 1. The standard InChI is InChI=1S/C14H14ClNOS/c1-10-8-18-9-13(10)14(17)16-7-12-4-2-11(6-15)3-5-12/h2-5,8-9H,6-7H2,1H3,(H,16,17). The van der Waals surface area contributed by atoms with E-state index in [-0.39, 0.29) is 5.91 Å². The van der Waals surface area contributed by atoms with Crippen molar-refractivity contribution in [3.05, 3.63) is 57.3 Å². The number of hydrogen-bond acceptors (Lipinski definition) is 2. The zero-order valence-corrected chi connectivity index (χ0v) is 11.6. The lowest BCUT2D eigenvalue weighted by atomic mass is 10.1. The number of alkyl halides is 1. The van der Waals surface area contributed by atoms with Crippen molar-refractivity contribution in [2.75, 3.05) is 0 Å². The summed E-state index contributed by atoms with van der Waals surface area (Å²) in [5.74, 6) is 0.496. The third kappa shape index (κ3) is 3.12. The first-order chi connectivity index (χ1) is 8.70. The molecule has 0 aliphatic carbocycles. The second-order valence-corrected chi connectivity index (χ2v) is 5.11. The summed E-state index contributed by atoms with van der Waals surface area (Å²) in [6.45, 7) is 2.48. The van der Waals surface area contributed by atoms with E-state index in [4.69, 9.17) is 11.6 Å². The number of carbonyl (C=O) groups is 1. The Bertz CT molecular complexity index is 533. The molecule has 2 rings (SSSR count). The molecule has 0 saturated heterocycles. The highest BCUT2D eigenvalue weighted by Gasteiger charge is 2.08. The van der Waals surface area contributed by atoms with Crippen LogP contribution < -0.4 is 5.32 Å². The number of rotatable bonds is 4. The minimum Gasteiger partial charge on any atom is -0.348 e. The van der Waals surface area contributed by atoms with E-state index >= 15 is 0 Å². The molecule has 0 spiro atoms. The summed E-state index contributed by atoms with van der Waals surface area (Å²) >= 11 is 7.27. The highest BCUT2D eigenvalue weighted by atomic mass is 35.5. The van der Waals surface area contributed by atoms with Gasteiger partial charge >= 0.3 is 0 Å². The van der Waals surface area contributed by atoms with Gasteiger partial charge in [0.2, 0.25) is 0 Å². The number of benzene rings is 1. The average molecular weight is 280 g/mol. The molecule has 1 heterocycles. The van der Waals surface area contributed by atoms with Crippen LogP contribution in [0, 0.1) is 6.92 Å². The van der Waals surface area contributed by atoms with Crippen LogP contribution in [0.2, 0.25) is 0 Å². The number of aryl methyl sites for hydroxylation is 1. The molecule has 4 heteroatoms. The van der Waals surface area contributed by atoms with E-state index in [0.29, 0.717) is 12.4 Å². The molecular formula is C14H14ClNOS. The molecule has 0 atom stereocenters. The Morgan fingerprint density at radius 3 is 2.44 bits per heavy atom. The van der Waals surface area contributed by atoms with Crippen LogP contribution in [-0.2, 0) is 12.4 Å². The van der Waals surface area contributed by atoms with E-state index < -0.39 is 0 Å². The predicted molar refractivity (Wildman–Crippen MR) is 76.2 cm³/mol. The molecule has 2 nitrogen and oxygen atoms in total. The lowest BCUT2D eigenvalue weighted by Crippen LogP contribution is -2.22. The normalized spacial score (nSPS) is 10.3. The molecule has 18 heavy (non-hydrogen) atoms. The van der Waals surface area contributed by atoms with Crippen LogP contribution in [0.3, 0.4) is 0 Å². The number of amides is 1. The van der Waals surface area contributed by atoms with Crippen LogP contribution in [0.5, 0.6) is 0 Å². The Hall–Kier alpha value is -1.32. The minimum absolute atomic E-state index is 0.0184. The van der Waals surface area contributed by atoms with Gasteiger partial charge in [-0.1, -0.05) is 24.3 Å². The quantitative estimate of drug-likeness (QED) is 0.849. The first-order valence-corrected chi connectivity index (χ1v) is 7.13. The molecule has 1 N–H and O–H groups in total. The summed E-state index contributed by atoms with van der Waals surface area (Å²) in [7, 11) is 0. The molecule has 0 unspecified atom stereocenters. The van der Waals surface area contributed by atoms with E-state index in [1.165, 1.54) is 0 Å². The largest absolute Gasteiger partial charge is 0.348 e. The van der Waals surface area contributed by atoms with E-state index in [9.17, 15) is 4.79 Å².